The molecule has 0 aliphatic heterocycles. The van der Waals surface area contributed by atoms with E-state index >= 15 is 0 Å². The van der Waals surface area contributed by atoms with Crippen molar-refractivity contribution in [1.82, 2.24) is 0 Å². The third-order valence-corrected chi connectivity index (χ3v) is 3.48. The highest BCUT2D eigenvalue weighted by Gasteiger charge is 2.08. The molecule has 2 aromatic carbocycles. The van der Waals surface area contributed by atoms with Gasteiger partial charge in [-0.05, 0) is 41.5 Å². The fourth-order valence-corrected chi connectivity index (χ4v) is 2.34. The van der Waals surface area contributed by atoms with E-state index in [0.29, 0.717) is 27.2 Å². The second-order valence-corrected chi connectivity index (χ2v) is 4.97. The van der Waals surface area contributed by atoms with Crippen molar-refractivity contribution in [3.05, 3.63) is 62.6 Å². The first-order chi connectivity index (χ1) is 8.08. The maximum absolute atomic E-state index is 6.11. The Morgan fingerprint density at radius 2 is 1.59 bits per heavy atom. The molecule has 4 heteroatoms. The van der Waals surface area contributed by atoms with Crippen LogP contribution in [0.1, 0.15) is 11.1 Å². The molecule has 0 aliphatic rings. The quantitative estimate of drug-likeness (QED) is 0.787. The van der Waals surface area contributed by atoms with Crippen molar-refractivity contribution in [3.8, 4) is 0 Å². The highest BCUT2D eigenvalue weighted by atomic mass is 35.5. The van der Waals surface area contributed by atoms with Gasteiger partial charge in [0.1, 0.15) is 0 Å². The average Bonchev–Trinajstić information content (AvgIpc) is 2.28. The monoisotopic (exact) mass is 285 g/mol. The lowest BCUT2D eigenvalue weighted by Gasteiger charge is -2.09. The van der Waals surface area contributed by atoms with E-state index < -0.39 is 0 Å². The molecule has 0 bridgehead atoms. The standard InChI is InChI=1S/C13H10Cl3N/c14-9-4-5-13(17)8(6-9)7-10-11(15)2-1-3-12(10)16/h1-6H,7,17H2. The Labute approximate surface area is 115 Å². The third-order valence-electron chi connectivity index (χ3n) is 2.53. The minimum atomic E-state index is 0.574. The van der Waals surface area contributed by atoms with Crippen molar-refractivity contribution in [3.63, 3.8) is 0 Å². The minimum Gasteiger partial charge on any atom is -0.398 e. The van der Waals surface area contributed by atoms with E-state index in [1.54, 1.807) is 12.1 Å². The van der Waals surface area contributed by atoms with Crippen LogP contribution in [0.5, 0.6) is 0 Å². The molecule has 0 aromatic heterocycles. The Hall–Kier alpha value is -0.890. The van der Waals surface area contributed by atoms with Gasteiger partial charge in [0.25, 0.3) is 0 Å². The van der Waals surface area contributed by atoms with Crippen LogP contribution in [0.4, 0.5) is 5.69 Å². The fraction of sp³-hybridized carbons (Fsp3) is 0.0769. The Balaban J connectivity index is 2.41. The zero-order chi connectivity index (χ0) is 12.4. The molecule has 0 saturated carbocycles. The van der Waals surface area contributed by atoms with Crippen LogP contribution in [0, 0.1) is 0 Å². The summed E-state index contributed by atoms with van der Waals surface area (Å²) in [6.07, 6.45) is 0.574. The Morgan fingerprint density at radius 3 is 2.24 bits per heavy atom. The summed E-state index contributed by atoms with van der Waals surface area (Å²) < 4.78 is 0. The predicted octanol–water partition coefficient (Wildman–Crippen LogP) is 4.82. The number of rotatable bonds is 2. The van der Waals surface area contributed by atoms with Gasteiger partial charge < -0.3 is 5.73 Å². The molecule has 17 heavy (non-hydrogen) atoms. The zero-order valence-electron chi connectivity index (χ0n) is 8.88. The second-order valence-electron chi connectivity index (χ2n) is 3.72. The minimum absolute atomic E-state index is 0.574. The van der Waals surface area contributed by atoms with E-state index in [1.807, 2.05) is 24.3 Å². The molecule has 0 amide bonds. The molecule has 88 valence electrons. The topological polar surface area (TPSA) is 26.0 Å². The highest BCUT2D eigenvalue weighted by Crippen LogP contribution is 2.29. The number of nitrogen functional groups attached to an aromatic ring is 1. The van der Waals surface area contributed by atoms with E-state index in [9.17, 15) is 0 Å². The van der Waals surface area contributed by atoms with E-state index in [0.717, 1.165) is 11.1 Å². The summed E-state index contributed by atoms with van der Waals surface area (Å²) in [6.45, 7) is 0. The van der Waals surface area contributed by atoms with Crippen molar-refractivity contribution >= 4 is 40.5 Å². The van der Waals surface area contributed by atoms with Crippen LogP contribution >= 0.6 is 34.8 Å². The SMILES string of the molecule is Nc1ccc(Cl)cc1Cc1c(Cl)cccc1Cl. The highest BCUT2D eigenvalue weighted by molar-refractivity contribution is 6.36. The molecule has 0 atom stereocenters. The van der Waals surface area contributed by atoms with Gasteiger partial charge in [0, 0.05) is 27.2 Å². The normalized spacial score (nSPS) is 10.5. The molecule has 2 rings (SSSR count). The molecule has 0 radical (unpaired) electrons. The summed E-state index contributed by atoms with van der Waals surface area (Å²) in [4.78, 5) is 0. The van der Waals surface area contributed by atoms with Crippen LogP contribution in [-0.2, 0) is 6.42 Å². The van der Waals surface area contributed by atoms with E-state index in [4.69, 9.17) is 40.5 Å². The zero-order valence-corrected chi connectivity index (χ0v) is 11.2. The lowest BCUT2D eigenvalue weighted by atomic mass is 10.0. The summed E-state index contributed by atoms with van der Waals surface area (Å²) in [5.41, 5.74) is 8.37. The average molecular weight is 287 g/mol. The van der Waals surface area contributed by atoms with Gasteiger partial charge in [-0.2, -0.15) is 0 Å². The smallest absolute Gasteiger partial charge is 0.0456 e. The van der Waals surface area contributed by atoms with Crippen molar-refractivity contribution in [1.29, 1.82) is 0 Å². The molecule has 2 N–H and O–H groups in total. The van der Waals surface area contributed by atoms with Gasteiger partial charge in [0.2, 0.25) is 0 Å². The second kappa shape index (κ2) is 5.18. The number of halogens is 3. The fourth-order valence-electron chi connectivity index (χ4n) is 1.62. The van der Waals surface area contributed by atoms with Crippen molar-refractivity contribution in [2.75, 3.05) is 5.73 Å². The van der Waals surface area contributed by atoms with Gasteiger partial charge in [-0.1, -0.05) is 40.9 Å². The molecular weight excluding hydrogens is 277 g/mol. The van der Waals surface area contributed by atoms with Gasteiger partial charge >= 0.3 is 0 Å². The molecular formula is C13H10Cl3N. The van der Waals surface area contributed by atoms with Crippen LogP contribution in [0.25, 0.3) is 0 Å². The van der Waals surface area contributed by atoms with Crippen LogP contribution in [-0.4, -0.2) is 0 Å². The largest absolute Gasteiger partial charge is 0.398 e. The van der Waals surface area contributed by atoms with Gasteiger partial charge in [-0.3, -0.25) is 0 Å². The number of anilines is 1. The van der Waals surface area contributed by atoms with E-state index in [1.165, 1.54) is 0 Å². The Kier molecular flexibility index (Phi) is 3.82. The lowest BCUT2D eigenvalue weighted by molar-refractivity contribution is 1.20. The van der Waals surface area contributed by atoms with E-state index in [-0.39, 0.29) is 0 Å². The first kappa shape index (κ1) is 12.6. The summed E-state index contributed by atoms with van der Waals surface area (Å²) in [7, 11) is 0. The lowest BCUT2D eigenvalue weighted by Crippen LogP contribution is -1.97. The molecule has 0 spiro atoms. The van der Waals surface area contributed by atoms with Crippen molar-refractivity contribution < 1.29 is 0 Å². The first-order valence-corrected chi connectivity index (χ1v) is 6.18. The van der Waals surface area contributed by atoms with Crippen LogP contribution in [0.15, 0.2) is 36.4 Å². The maximum Gasteiger partial charge on any atom is 0.0456 e. The molecule has 0 heterocycles. The summed E-state index contributed by atoms with van der Waals surface area (Å²) >= 11 is 18.2. The molecule has 0 aliphatic carbocycles. The summed E-state index contributed by atoms with van der Waals surface area (Å²) in [5, 5.41) is 1.92. The first-order valence-electron chi connectivity index (χ1n) is 5.04. The number of hydrogen-bond acceptors (Lipinski definition) is 1. The third kappa shape index (κ3) is 2.86. The number of hydrogen-bond donors (Lipinski definition) is 1. The molecule has 0 fully saturated rings. The summed E-state index contributed by atoms with van der Waals surface area (Å²) in [6, 6.07) is 10.8. The van der Waals surface area contributed by atoms with E-state index in [2.05, 4.69) is 0 Å². The Bertz CT molecular complexity index is 532. The van der Waals surface area contributed by atoms with Crippen LogP contribution in [0.3, 0.4) is 0 Å². The molecule has 2 aromatic rings. The van der Waals surface area contributed by atoms with Gasteiger partial charge in [0.15, 0.2) is 0 Å². The number of nitrogens with two attached hydrogens (primary N) is 1. The number of benzene rings is 2. The van der Waals surface area contributed by atoms with Gasteiger partial charge in [0.05, 0.1) is 0 Å². The predicted molar refractivity (Wildman–Crippen MR) is 75.1 cm³/mol. The molecule has 0 saturated heterocycles. The maximum atomic E-state index is 6.11. The van der Waals surface area contributed by atoms with Crippen LogP contribution < -0.4 is 5.73 Å². The molecule has 0 unspecified atom stereocenters. The van der Waals surface area contributed by atoms with Gasteiger partial charge in [-0.25, -0.2) is 0 Å². The van der Waals surface area contributed by atoms with Gasteiger partial charge in [-0.15, -0.1) is 0 Å². The van der Waals surface area contributed by atoms with Crippen molar-refractivity contribution in [2.45, 2.75) is 6.42 Å². The Morgan fingerprint density at radius 1 is 0.941 bits per heavy atom. The summed E-state index contributed by atoms with van der Waals surface area (Å²) in [5.74, 6) is 0. The van der Waals surface area contributed by atoms with Crippen molar-refractivity contribution in [2.24, 2.45) is 0 Å². The van der Waals surface area contributed by atoms with Crippen LogP contribution in [0.2, 0.25) is 15.1 Å². The molecule has 1 nitrogen and oxygen atoms in total.